The van der Waals surface area contributed by atoms with Gasteiger partial charge < -0.3 is 15.0 Å². The zero-order valence-electron chi connectivity index (χ0n) is 16.7. The molecule has 2 heterocycles. The van der Waals surface area contributed by atoms with E-state index in [1.807, 2.05) is 42.3 Å². The van der Waals surface area contributed by atoms with E-state index in [4.69, 9.17) is 4.74 Å². The number of pyridine rings is 1. The van der Waals surface area contributed by atoms with Crippen LogP contribution in [-0.2, 0) is 16.1 Å². The summed E-state index contributed by atoms with van der Waals surface area (Å²) in [4.78, 5) is 21.4. The summed E-state index contributed by atoms with van der Waals surface area (Å²) in [5.74, 6) is -0.0345. The molecule has 150 valence electrons. The number of nitrogens with zero attached hydrogens (tertiary/aromatic N) is 3. The summed E-state index contributed by atoms with van der Waals surface area (Å²) >= 11 is 0. The fourth-order valence-electron chi connectivity index (χ4n) is 3.75. The number of fused-ring (bicyclic) bond motifs is 1. The Labute approximate surface area is 171 Å². The van der Waals surface area contributed by atoms with Crippen molar-refractivity contribution in [2.24, 2.45) is 0 Å². The molecule has 29 heavy (non-hydrogen) atoms. The number of hydrogen-bond donors (Lipinski definition) is 1. The number of nitrogens with one attached hydrogen (secondary N) is 1. The molecule has 1 aliphatic heterocycles. The maximum absolute atomic E-state index is 12.6. The number of carbonyl (C=O) groups is 1. The normalized spacial score (nSPS) is 14.3. The lowest BCUT2D eigenvalue weighted by molar-refractivity contribution is -0.117. The third-order valence-corrected chi connectivity index (χ3v) is 5.12. The molecule has 4 rings (SSSR count). The molecule has 1 fully saturated rings. The lowest BCUT2D eigenvalue weighted by atomic mass is 10.1. The fourth-order valence-corrected chi connectivity index (χ4v) is 3.75. The van der Waals surface area contributed by atoms with Crippen LogP contribution in [0.5, 0.6) is 0 Å². The minimum absolute atomic E-state index is 0.0345. The largest absolute Gasteiger partial charge is 0.378 e. The lowest BCUT2D eigenvalue weighted by Crippen LogP contribution is -2.37. The molecule has 0 radical (unpaired) electrons. The Hall–Kier alpha value is -2.96. The number of para-hydroxylation sites is 1. The Kier molecular flexibility index (Phi) is 6.03. The maximum atomic E-state index is 12.6. The second kappa shape index (κ2) is 9.03. The third-order valence-electron chi connectivity index (χ3n) is 5.12. The van der Waals surface area contributed by atoms with Crippen molar-refractivity contribution in [1.29, 1.82) is 0 Å². The quantitative estimate of drug-likeness (QED) is 0.701. The van der Waals surface area contributed by atoms with Crippen molar-refractivity contribution in [3.63, 3.8) is 0 Å². The van der Waals surface area contributed by atoms with Gasteiger partial charge in [-0.25, -0.2) is 0 Å². The highest BCUT2D eigenvalue weighted by Crippen LogP contribution is 2.23. The topological polar surface area (TPSA) is 57.7 Å². The number of benzene rings is 2. The number of morpholine rings is 1. The summed E-state index contributed by atoms with van der Waals surface area (Å²) < 4.78 is 5.47. The van der Waals surface area contributed by atoms with Crippen molar-refractivity contribution in [2.75, 3.05) is 50.1 Å². The van der Waals surface area contributed by atoms with Crippen molar-refractivity contribution in [3.05, 3.63) is 66.4 Å². The Bertz CT molecular complexity index is 980. The molecule has 1 N–H and O–H groups in total. The van der Waals surface area contributed by atoms with Crippen LogP contribution in [0.3, 0.4) is 0 Å². The van der Waals surface area contributed by atoms with Crippen LogP contribution in [0.2, 0.25) is 0 Å². The predicted octanol–water partition coefficient (Wildman–Crippen LogP) is 3.14. The van der Waals surface area contributed by atoms with Gasteiger partial charge >= 0.3 is 0 Å². The summed E-state index contributed by atoms with van der Waals surface area (Å²) in [5.41, 5.74) is 4.11. The van der Waals surface area contributed by atoms with Crippen LogP contribution in [0.1, 0.15) is 5.56 Å². The number of likely N-dealkylation sites (N-methyl/N-ethyl adjacent to an activating group) is 1. The molecular weight excluding hydrogens is 364 g/mol. The van der Waals surface area contributed by atoms with Crippen LogP contribution in [0.25, 0.3) is 10.9 Å². The van der Waals surface area contributed by atoms with E-state index in [1.165, 1.54) is 11.3 Å². The average Bonchev–Trinajstić information content (AvgIpc) is 2.75. The molecule has 3 aromatic rings. The van der Waals surface area contributed by atoms with E-state index in [0.717, 1.165) is 42.9 Å². The fraction of sp³-hybridized carbons (Fsp3) is 0.304. The van der Waals surface area contributed by atoms with Crippen molar-refractivity contribution in [3.8, 4) is 0 Å². The van der Waals surface area contributed by atoms with Gasteiger partial charge in [0.05, 0.1) is 31.0 Å². The van der Waals surface area contributed by atoms with Gasteiger partial charge in [0.1, 0.15) is 0 Å². The molecule has 1 aromatic heterocycles. The molecule has 1 saturated heterocycles. The minimum atomic E-state index is -0.0345. The molecule has 0 spiro atoms. The second-order valence-electron chi connectivity index (χ2n) is 7.32. The standard InChI is InChI=1S/C23H26N4O2/c1-26(16-18-6-2-3-10-22(18)27-12-14-29-15-13-27)17-23(28)25-21-9-4-8-20-19(21)7-5-11-24-20/h2-11H,12-17H2,1H3,(H,25,28). The number of anilines is 2. The van der Waals surface area contributed by atoms with Crippen LogP contribution in [0, 0.1) is 0 Å². The molecule has 0 aliphatic carbocycles. The first-order valence-corrected chi connectivity index (χ1v) is 9.93. The number of ether oxygens (including phenoxy) is 1. The maximum Gasteiger partial charge on any atom is 0.238 e. The van der Waals surface area contributed by atoms with Crippen molar-refractivity contribution in [2.45, 2.75) is 6.54 Å². The van der Waals surface area contributed by atoms with E-state index in [0.29, 0.717) is 13.1 Å². The van der Waals surface area contributed by atoms with Crippen LogP contribution < -0.4 is 10.2 Å². The summed E-state index contributed by atoms with van der Waals surface area (Å²) in [6.45, 7) is 4.33. The zero-order chi connectivity index (χ0) is 20.1. The molecule has 6 heteroatoms. The number of carbonyl (C=O) groups excluding carboxylic acids is 1. The molecule has 0 saturated carbocycles. The number of hydrogen-bond acceptors (Lipinski definition) is 5. The van der Waals surface area contributed by atoms with Gasteiger partial charge in [-0.2, -0.15) is 0 Å². The molecule has 1 aliphatic rings. The third kappa shape index (κ3) is 4.72. The predicted molar refractivity (Wildman–Crippen MR) is 116 cm³/mol. The number of rotatable bonds is 6. The van der Waals surface area contributed by atoms with Gasteiger partial charge in [-0.05, 0) is 42.9 Å². The summed E-state index contributed by atoms with van der Waals surface area (Å²) in [6.07, 6.45) is 1.76. The van der Waals surface area contributed by atoms with Gasteiger partial charge in [0, 0.05) is 36.9 Å². The number of amides is 1. The first kappa shape index (κ1) is 19.4. The SMILES string of the molecule is CN(CC(=O)Nc1cccc2ncccc12)Cc1ccccc1N1CCOCC1. The Morgan fingerprint density at radius 2 is 1.93 bits per heavy atom. The van der Waals surface area contributed by atoms with Crippen LogP contribution in [0.15, 0.2) is 60.8 Å². The summed E-state index contributed by atoms with van der Waals surface area (Å²) in [6, 6.07) is 18.0. The zero-order valence-corrected chi connectivity index (χ0v) is 16.7. The van der Waals surface area contributed by atoms with Crippen LogP contribution >= 0.6 is 0 Å². The minimum Gasteiger partial charge on any atom is -0.378 e. The second-order valence-corrected chi connectivity index (χ2v) is 7.32. The highest BCUT2D eigenvalue weighted by molar-refractivity contribution is 6.01. The number of aromatic nitrogens is 1. The first-order chi connectivity index (χ1) is 14.2. The van der Waals surface area contributed by atoms with Crippen LogP contribution in [0.4, 0.5) is 11.4 Å². The van der Waals surface area contributed by atoms with E-state index >= 15 is 0 Å². The van der Waals surface area contributed by atoms with Crippen LogP contribution in [-0.4, -0.2) is 55.7 Å². The molecule has 6 nitrogen and oxygen atoms in total. The smallest absolute Gasteiger partial charge is 0.238 e. The van der Waals surface area contributed by atoms with Gasteiger partial charge in [0.15, 0.2) is 0 Å². The molecule has 0 unspecified atom stereocenters. The van der Waals surface area contributed by atoms with Crippen molar-refractivity contribution in [1.82, 2.24) is 9.88 Å². The van der Waals surface area contributed by atoms with E-state index < -0.39 is 0 Å². The molecule has 0 bridgehead atoms. The Balaban J connectivity index is 1.41. The van der Waals surface area contributed by atoms with Gasteiger partial charge in [0.25, 0.3) is 0 Å². The molecule has 0 atom stereocenters. The van der Waals surface area contributed by atoms with E-state index in [9.17, 15) is 4.79 Å². The average molecular weight is 390 g/mol. The molecular formula is C23H26N4O2. The summed E-state index contributed by atoms with van der Waals surface area (Å²) in [5, 5.41) is 3.98. The van der Waals surface area contributed by atoms with Crippen molar-refractivity contribution >= 4 is 28.2 Å². The van der Waals surface area contributed by atoms with Crippen molar-refractivity contribution < 1.29 is 9.53 Å². The van der Waals surface area contributed by atoms with Gasteiger partial charge in [-0.1, -0.05) is 24.3 Å². The van der Waals surface area contributed by atoms with Gasteiger partial charge in [-0.15, -0.1) is 0 Å². The Morgan fingerprint density at radius 3 is 2.79 bits per heavy atom. The van der Waals surface area contributed by atoms with Gasteiger partial charge in [-0.3, -0.25) is 14.7 Å². The van der Waals surface area contributed by atoms with E-state index in [2.05, 4.69) is 39.5 Å². The highest BCUT2D eigenvalue weighted by Gasteiger charge is 2.16. The van der Waals surface area contributed by atoms with Gasteiger partial charge in [0.2, 0.25) is 5.91 Å². The lowest BCUT2D eigenvalue weighted by Gasteiger charge is -2.31. The highest BCUT2D eigenvalue weighted by atomic mass is 16.5. The summed E-state index contributed by atoms with van der Waals surface area (Å²) in [7, 11) is 1.97. The monoisotopic (exact) mass is 390 g/mol. The molecule has 1 amide bonds. The molecule has 2 aromatic carbocycles. The Morgan fingerprint density at radius 1 is 1.10 bits per heavy atom. The van der Waals surface area contributed by atoms with E-state index in [-0.39, 0.29) is 5.91 Å². The van der Waals surface area contributed by atoms with E-state index in [1.54, 1.807) is 6.20 Å². The first-order valence-electron chi connectivity index (χ1n) is 9.93.